The second kappa shape index (κ2) is 7.47. The van der Waals surface area contributed by atoms with Crippen LogP contribution in [0.1, 0.15) is 36.2 Å². The van der Waals surface area contributed by atoms with Gasteiger partial charge in [-0.25, -0.2) is 0 Å². The fourth-order valence-corrected chi connectivity index (χ4v) is 2.99. The van der Waals surface area contributed by atoms with Gasteiger partial charge in [0.1, 0.15) is 11.9 Å². The number of hydrogen-bond acceptors (Lipinski definition) is 4. The SMILES string of the molecule is Cc1[nH]nc(CCC(=O)N2CCC(Oc3ccncc3)CC2)c1C. The molecule has 128 valence electrons. The van der Waals surface area contributed by atoms with Crippen LogP contribution in [-0.4, -0.2) is 45.2 Å². The molecular formula is C18H24N4O2. The molecule has 2 aromatic rings. The summed E-state index contributed by atoms with van der Waals surface area (Å²) >= 11 is 0. The Morgan fingerprint density at radius 1 is 1.29 bits per heavy atom. The molecule has 1 aliphatic rings. The molecule has 2 aromatic heterocycles. The minimum atomic E-state index is 0.174. The molecule has 0 atom stereocenters. The highest BCUT2D eigenvalue weighted by molar-refractivity contribution is 5.76. The van der Waals surface area contributed by atoms with E-state index in [1.165, 1.54) is 0 Å². The largest absolute Gasteiger partial charge is 0.490 e. The number of aromatic amines is 1. The van der Waals surface area contributed by atoms with Crippen molar-refractivity contribution in [3.8, 4) is 5.75 Å². The minimum absolute atomic E-state index is 0.174. The van der Waals surface area contributed by atoms with Crippen molar-refractivity contribution in [2.75, 3.05) is 13.1 Å². The smallest absolute Gasteiger partial charge is 0.222 e. The number of H-pyrrole nitrogens is 1. The number of carbonyl (C=O) groups is 1. The van der Waals surface area contributed by atoms with E-state index >= 15 is 0 Å². The Kier molecular flexibility index (Phi) is 5.13. The number of aromatic nitrogens is 3. The number of likely N-dealkylation sites (tertiary alicyclic amines) is 1. The van der Waals surface area contributed by atoms with Crippen LogP contribution in [0, 0.1) is 13.8 Å². The number of nitrogens with one attached hydrogen (secondary N) is 1. The first-order valence-corrected chi connectivity index (χ1v) is 8.48. The van der Waals surface area contributed by atoms with Gasteiger partial charge in [-0.1, -0.05) is 0 Å². The summed E-state index contributed by atoms with van der Waals surface area (Å²) in [6, 6.07) is 3.73. The van der Waals surface area contributed by atoms with Gasteiger partial charge in [0.05, 0.1) is 5.69 Å². The number of nitrogens with zero attached hydrogens (tertiary/aromatic N) is 3. The number of pyridine rings is 1. The van der Waals surface area contributed by atoms with Crippen LogP contribution < -0.4 is 4.74 Å². The maximum Gasteiger partial charge on any atom is 0.222 e. The zero-order valence-corrected chi connectivity index (χ0v) is 14.3. The van der Waals surface area contributed by atoms with Gasteiger partial charge in [-0.05, 0) is 31.5 Å². The highest BCUT2D eigenvalue weighted by Gasteiger charge is 2.24. The molecule has 3 rings (SSSR count). The predicted molar refractivity (Wildman–Crippen MR) is 90.8 cm³/mol. The first-order chi connectivity index (χ1) is 11.6. The molecule has 0 spiro atoms. The molecule has 6 heteroatoms. The number of ether oxygens (including phenoxy) is 1. The van der Waals surface area contributed by atoms with E-state index in [4.69, 9.17) is 4.74 Å². The Labute approximate surface area is 142 Å². The van der Waals surface area contributed by atoms with E-state index in [9.17, 15) is 4.79 Å². The number of rotatable bonds is 5. The second-order valence-electron chi connectivity index (χ2n) is 6.30. The summed E-state index contributed by atoms with van der Waals surface area (Å²) in [6.07, 6.45) is 6.58. The van der Waals surface area contributed by atoms with Gasteiger partial charge >= 0.3 is 0 Å². The summed E-state index contributed by atoms with van der Waals surface area (Å²) in [7, 11) is 0. The highest BCUT2D eigenvalue weighted by atomic mass is 16.5. The van der Waals surface area contributed by atoms with Crippen molar-refractivity contribution in [2.24, 2.45) is 0 Å². The van der Waals surface area contributed by atoms with Crippen molar-refractivity contribution in [1.82, 2.24) is 20.1 Å². The van der Waals surface area contributed by atoms with Crippen LogP contribution in [0.25, 0.3) is 0 Å². The summed E-state index contributed by atoms with van der Waals surface area (Å²) in [5, 5.41) is 7.24. The van der Waals surface area contributed by atoms with E-state index in [2.05, 4.69) is 15.2 Å². The Morgan fingerprint density at radius 3 is 2.62 bits per heavy atom. The molecule has 3 heterocycles. The molecule has 24 heavy (non-hydrogen) atoms. The summed E-state index contributed by atoms with van der Waals surface area (Å²) < 4.78 is 5.94. The van der Waals surface area contributed by atoms with Gasteiger partial charge < -0.3 is 9.64 Å². The lowest BCUT2D eigenvalue weighted by Gasteiger charge is -2.32. The Bertz CT molecular complexity index is 676. The molecule has 0 saturated carbocycles. The molecule has 0 unspecified atom stereocenters. The third-order valence-electron chi connectivity index (χ3n) is 4.68. The number of amides is 1. The van der Waals surface area contributed by atoms with Gasteiger partial charge in [0, 0.05) is 56.9 Å². The summed E-state index contributed by atoms with van der Waals surface area (Å²) in [5.41, 5.74) is 3.23. The van der Waals surface area contributed by atoms with Gasteiger partial charge in [0.15, 0.2) is 0 Å². The lowest BCUT2D eigenvalue weighted by atomic mass is 10.1. The Hall–Kier alpha value is -2.37. The van der Waals surface area contributed by atoms with Crippen LogP contribution >= 0.6 is 0 Å². The normalized spacial score (nSPS) is 15.5. The van der Waals surface area contributed by atoms with Crippen LogP contribution in [0.4, 0.5) is 0 Å². The average Bonchev–Trinajstić information content (AvgIpc) is 2.93. The topological polar surface area (TPSA) is 71.1 Å². The van der Waals surface area contributed by atoms with Gasteiger partial charge in [0.25, 0.3) is 0 Å². The fraction of sp³-hybridized carbons (Fsp3) is 0.500. The van der Waals surface area contributed by atoms with Crippen LogP contribution in [0.3, 0.4) is 0 Å². The molecule has 0 aromatic carbocycles. The van der Waals surface area contributed by atoms with E-state index in [-0.39, 0.29) is 12.0 Å². The van der Waals surface area contributed by atoms with Gasteiger partial charge in [-0.15, -0.1) is 0 Å². The first-order valence-electron chi connectivity index (χ1n) is 8.48. The highest BCUT2D eigenvalue weighted by Crippen LogP contribution is 2.19. The number of aryl methyl sites for hydroxylation is 2. The second-order valence-corrected chi connectivity index (χ2v) is 6.30. The standard InChI is InChI=1S/C18H24N4O2/c1-13-14(2)20-21-17(13)3-4-18(23)22-11-7-16(8-12-22)24-15-5-9-19-10-6-15/h5-6,9-10,16H,3-4,7-8,11-12H2,1-2H3,(H,20,21). The van der Waals surface area contributed by atoms with E-state index in [1.54, 1.807) is 12.4 Å². The molecule has 0 aliphatic carbocycles. The van der Waals surface area contributed by atoms with Crippen LogP contribution in [0.2, 0.25) is 0 Å². The number of piperidine rings is 1. The maximum absolute atomic E-state index is 12.4. The fourth-order valence-electron chi connectivity index (χ4n) is 2.99. The molecule has 1 saturated heterocycles. The Morgan fingerprint density at radius 2 is 2.00 bits per heavy atom. The predicted octanol–water partition coefficient (Wildman–Crippen LogP) is 2.42. The van der Waals surface area contributed by atoms with E-state index in [0.29, 0.717) is 12.8 Å². The van der Waals surface area contributed by atoms with Gasteiger partial charge in [-0.2, -0.15) is 5.10 Å². The van der Waals surface area contributed by atoms with Gasteiger partial charge in [-0.3, -0.25) is 14.9 Å². The molecular weight excluding hydrogens is 304 g/mol. The van der Waals surface area contributed by atoms with Crippen molar-refractivity contribution in [3.63, 3.8) is 0 Å². The van der Waals surface area contributed by atoms with Crippen molar-refractivity contribution in [2.45, 2.75) is 45.6 Å². The number of carbonyl (C=O) groups excluding carboxylic acids is 1. The van der Waals surface area contributed by atoms with E-state index < -0.39 is 0 Å². The summed E-state index contributed by atoms with van der Waals surface area (Å²) in [5.74, 6) is 1.05. The first kappa shape index (κ1) is 16.5. The minimum Gasteiger partial charge on any atom is -0.490 e. The van der Waals surface area contributed by atoms with E-state index in [1.807, 2.05) is 30.9 Å². The van der Waals surface area contributed by atoms with Crippen molar-refractivity contribution in [3.05, 3.63) is 41.5 Å². The molecule has 1 N–H and O–H groups in total. The average molecular weight is 328 g/mol. The monoisotopic (exact) mass is 328 g/mol. The van der Waals surface area contributed by atoms with Crippen molar-refractivity contribution in [1.29, 1.82) is 0 Å². The summed E-state index contributed by atoms with van der Waals surface area (Å²) in [6.45, 7) is 5.56. The van der Waals surface area contributed by atoms with Crippen LogP contribution in [0.15, 0.2) is 24.5 Å². The lowest BCUT2D eigenvalue weighted by molar-refractivity contribution is -0.132. The summed E-state index contributed by atoms with van der Waals surface area (Å²) in [4.78, 5) is 18.3. The van der Waals surface area contributed by atoms with Gasteiger partial charge in [0.2, 0.25) is 5.91 Å². The molecule has 6 nitrogen and oxygen atoms in total. The van der Waals surface area contributed by atoms with Crippen molar-refractivity contribution < 1.29 is 9.53 Å². The molecule has 1 amide bonds. The third kappa shape index (κ3) is 3.93. The maximum atomic E-state index is 12.4. The quantitative estimate of drug-likeness (QED) is 0.915. The van der Waals surface area contributed by atoms with Crippen LogP contribution in [-0.2, 0) is 11.2 Å². The molecule has 0 bridgehead atoms. The van der Waals surface area contributed by atoms with Crippen molar-refractivity contribution >= 4 is 5.91 Å². The van der Waals surface area contributed by atoms with Crippen LogP contribution in [0.5, 0.6) is 5.75 Å². The third-order valence-corrected chi connectivity index (χ3v) is 4.68. The number of hydrogen-bond donors (Lipinski definition) is 1. The Balaban J connectivity index is 1.44. The zero-order valence-electron chi connectivity index (χ0n) is 14.3. The molecule has 1 fully saturated rings. The lowest BCUT2D eigenvalue weighted by Crippen LogP contribution is -2.41. The molecule has 0 radical (unpaired) electrons. The van der Waals surface area contributed by atoms with E-state index in [0.717, 1.165) is 48.6 Å². The zero-order chi connectivity index (χ0) is 16.9. The molecule has 1 aliphatic heterocycles.